The van der Waals surface area contributed by atoms with Crippen LogP contribution in [-0.4, -0.2) is 22.8 Å². The maximum atomic E-state index is 11.6. The first-order valence-corrected chi connectivity index (χ1v) is 6.18. The van der Waals surface area contributed by atoms with Gasteiger partial charge in [-0.15, -0.1) is 0 Å². The second kappa shape index (κ2) is 6.81. The molecule has 1 aromatic heterocycles. The zero-order valence-corrected chi connectivity index (χ0v) is 11.2. The average Bonchev–Trinajstić information content (AvgIpc) is 2.23. The van der Waals surface area contributed by atoms with Crippen LogP contribution in [0.2, 0.25) is 0 Å². The lowest BCUT2D eigenvalue weighted by atomic mass is 10.1. The van der Waals surface area contributed by atoms with Crippen LogP contribution in [-0.2, 0) is 11.3 Å². The first-order chi connectivity index (χ1) is 7.61. The Kier molecular flexibility index (Phi) is 5.69. The molecule has 0 aliphatic carbocycles. The largest absolute Gasteiger partial charge is 0.380 e. The van der Waals surface area contributed by atoms with Gasteiger partial charge in [-0.1, -0.05) is 13.8 Å². The molecule has 4 nitrogen and oxygen atoms in total. The molecule has 1 aromatic rings. The summed E-state index contributed by atoms with van der Waals surface area (Å²) in [7, 11) is 0. The Labute approximate surface area is 104 Å². The van der Waals surface area contributed by atoms with Crippen LogP contribution in [0, 0.1) is 5.92 Å². The third kappa shape index (κ3) is 4.45. The lowest BCUT2D eigenvalue weighted by Crippen LogP contribution is -2.23. The van der Waals surface area contributed by atoms with Crippen molar-refractivity contribution in [2.75, 3.05) is 13.2 Å². The Hall–Kier alpha value is -0.680. The molecule has 90 valence electrons. The Morgan fingerprint density at radius 1 is 1.50 bits per heavy atom. The molecular weight excluding hydrogens is 272 g/mol. The van der Waals surface area contributed by atoms with Crippen LogP contribution in [0.5, 0.6) is 0 Å². The van der Waals surface area contributed by atoms with Gasteiger partial charge < -0.3 is 4.74 Å². The Morgan fingerprint density at radius 2 is 2.25 bits per heavy atom. The van der Waals surface area contributed by atoms with Gasteiger partial charge in [-0.2, -0.15) is 0 Å². The molecule has 0 aliphatic rings. The predicted molar refractivity (Wildman–Crippen MR) is 66.5 cm³/mol. The maximum absolute atomic E-state index is 11.6. The summed E-state index contributed by atoms with van der Waals surface area (Å²) in [6.45, 7) is 6.15. The molecular formula is C11H17BrN2O2. The summed E-state index contributed by atoms with van der Waals surface area (Å²) in [5.74, 6) is 0.648. The molecule has 0 fully saturated rings. The fraction of sp³-hybridized carbons (Fsp3) is 0.636. The third-order valence-electron chi connectivity index (χ3n) is 2.18. The monoisotopic (exact) mass is 288 g/mol. The van der Waals surface area contributed by atoms with Crippen LogP contribution in [0.15, 0.2) is 21.8 Å². The average molecular weight is 289 g/mol. The highest BCUT2D eigenvalue weighted by molar-refractivity contribution is 9.10. The number of rotatable bonds is 6. The number of ether oxygens (including phenoxy) is 1. The summed E-state index contributed by atoms with van der Waals surface area (Å²) in [5.41, 5.74) is -0.0672. The summed E-state index contributed by atoms with van der Waals surface area (Å²) in [6.07, 6.45) is 4.07. The van der Waals surface area contributed by atoms with E-state index in [-0.39, 0.29) is 5.56 Å². The van der Waals surface area contributed by atoms with Gasteiger partial charge in [-0.05, 0) is 28.3 Å². The van der Waals surface area contributed by atoms with Gasteiger partial charge in [0.25, 0.3) is 5.56 Å². The van der Waals surface area contributed by atoms with Crippen molar-refractivity contribution in [3.63, 3.8) is 0 Å². The van der Waals surface area contributed by atoms with Crippen molar-refractivity contribution in [1.29, 1.82) is 0 Å². The molecule has 0 radical (unpaired) electrons. The van der Waals surface area contributed by atoms with Crippen molar-refractivity contribution < 1.29 is 4.74 Å². The van der Waals surface area contributed by atoms with Gasteiger partial charge in [0.05, 0.1) is 19.5 Å². The molecule has 1 heterocycles. The smallest absolute Gasteiger partial charge is 0.267 e. The summed E-state index contributed by atoms with van der Waals surface area (Å²) < 4.78 is 7.47. The number of aromatic nitrogens is 2. The van der Waals surface area contributed by atoms with Gasteiger partial charge in [0.1, 0.15) is 4.47 Å². The molecule has 0 spiro atoms. The molecule has 5 heteroatoms. The molecule has 0 unspecified atom stereocenters. The predicted octanol–water partition coefficient (Wildman–Crippen LogP) is 2.07. The van der Waals surface area contributed by atoms with Crippen molar-refractivity contribution in [3.05, 3.63) is 27.4 Å². The highest BCUT2D eigenvalue weighted by Gasteiger charge is 2.00. The highest BCUT2D eigenvalue weighted by Crippen LogP contribution is 2.00. The summed E-state index contributed by atoms with van der Waals surface area (Å²) in [5, 5.41) is 0. The third-order valence-corrected chi connectivity index (χ3v) is 2.72. The second-order valence-corrected chi connectivity index (χ2v) is 4.89. The van der Waals surface area contributed by atoms with E-state index in [1.807, 2.05) is 0 Å². The van der Waals surface area contributed by atoms with Gasteiger partial charge in [-0.3, -0.25) is 9.36 Å². The fourth-order valence-electron chi connectivity index (χ4n) is 1.17. The minimum absolute atomic E-state index is 0.0672. The molecule has 0 aromatic carbocycles. The molecule has 0 amide bonds. The molecule has 1 rings (SSSR count). The van der Waals surface area contributed by atoms with E-state index < -0.39 is 0 Å². The number of nitrogens with zero attached hydrogens (tertiary/aromatic N) is 2. The molecule has 0 atom stereocenters. The van der Waals surface area contributed by atoms with Crippen molar-refractivity contribution >= 4 is 15.9 Å². The standard InChI is InChI=1S/C11H17BrN2O2/c1-9(2)3-5-16-6-4-14-8-13-7-10(12)11(14)15/h7-9H,3-6H2,1-2H3. The molecule has 0 bridgehead atoms. The highest BCUT2D eigenvalue weighted by atomic mass is 79.9. The van der Waals surface area contributed by atoms with Crippen LogP contribution in [0.1, 0.15) is 20.3 Å². The summed E-state index contributed by atoms with van der Waals surface area (Å²) >= 11 is 3.15. The van der Waals surface area contributed by atoms with Gasteiger partial charge >= 0.3 is 0 Å². The maximum Gasteiger partial charge on any atom is 0.267 e. The van der Waals surface area contributed by atoms with Crippen LogP contribution < -0.4 is 5.56 Å². The minimum Gasteiger partial charge on any atom is -0.380 e. The van der Waals surface area contributed by atoms with Crippen LogP contribution >= 0.6 is 15.9 Å². The number of halogens is 1. The molecule has 0 saturated heterocycles. The first kappa shape index (κ1) is 13.4. The Morgan fingerprint density at radius 3 is 2.94 bits per heavy atom. The summed E-state index contributed by atoms with van der Waals surface area (Å²) in [4.78, 5) is 15.5. The molecule has 0 aliphatic heterocycles. The van der Waals surface area contributed by atoms with Crippen LogP contribution in [0.25, 0.3) is 0 Å². The Balaban J connectivity index is 2.32. The van der Waals surface area contributed by atoms with Crippen molar-refractivity contribution in [1.82, 2.24) is 9.55 Å². The van der Waals surface area contributed by atoms with Crippen molar-refractivity contribution in [2.24, 2.45) is 5.92 Å². The van der Waals surface area contributed by atoms with Crippen LogP contribution in [0.3, 0.4) is 0 Å². The van der Waals surface area contributed by atoms with Gasteiger partial charge in [0.15, 0.2) is 0 Å². The lowest BCUT2D eigenvalue weighted by Gasteiger charge is -2.07. The molecule has 0 saturated carbocycles. The van der Waals surface area contributed by atoms with Gasteiger partial charge in [0, 0.05) is 12.8 Å². The van der Waals surface area contributed by atoms with Crippen molar-refractivity contribution in [3.8, 4) is 0 Å². The second-order valence-electron chi connectivity index (χ2n) is 4.04. The molecule has 0 N–H and O–H groups in total. The zero-order chi connectivity index (χ0) is 12.0. The van der Waals surface area contributed by atoms with E-state index in [0.717, 1.165) is 13.0 Å². The topological polar surface area (TPSA) is 44.1 Å². The minimum atomic E-state index is -0.0672. The normalized spacial score (nSPS) is 11.0. The first-order valence-electron chi connectivity index (χ1n) is 5.39. The number of hydrogen-bond acceptors (Lipinski definition) is 3. The van der Waals surface area contributed by atoms with Crippen molar-refractivity contribution in [2.45, 2.75) is 26.8 Å². The summed E-state index contributed by atoms with van der Waals surface area (Å²) in [6, 6.07) is 0. The SMILES string of the molecule is CC(C)CCOCCn1cncc(Br)c1=O. The molecule has 16 heavy (non-hydrogen) atoms. The Bertz CT molecular complexity index is 376. The van der Waals surface area contributed by atoms with E-state index in [0.29, 0.717) is 23.5 Å². The van der Waals surface area contributed by atoms with Gasteiger partial charge in [0.2, 0.25) is 0 Å². The zero-order valence-electron chi connectivity index (χ0n) is 9.65. The van der Waals surface area contributed by atoms with Crippen LogP contribution in [0.4, 0.5) is 0 Å². The lowest BCUT2D eigenvalue weighted by molar-refractivity contribution is 0.115. The van der Waals surface area contributed by atoms with E-state index >= 15 is 0 Å². The number of hydrogen-bond donors (Lipinski definition) is 0. The van der Waals surface area contributed by atoms with Gasteiger partial charge in [-0.25, -0.2) is 4.98 Å². The van der Waals surface area contributed by atoms with E-state index in [1.54, 1.807) is 4.57 Å². The van der Waals surface area contributed by atoms with E-state index in [4.69, 9.17) is 4.74 Å². The van der Waals surface area contributed by atoms with E-state index in [1.165, 1.54) is 12.5 Å². The van der Waals surface area contributed by atoms with E-state index in [9.17, 15) is 4.79 Å². The van der Waals surface area contributed by atoms with E-state index in [2.05, 4.69) is 34.8 Å². The fourth-order valence-corrected chi connectivity index (χ4v) is 1.51. The quantitative estimate of drug-likeness (QED) is 0.753.